The van der Waals surface area contributed by atoms with Crippen LogP contribution in [0.15, 0.2) is 71.8 Å². The molecular weight excluding hydrogens is 280 g/mol. The van der Waals surface area contributed by atoms with Crippen molar-refractivity contribution in [1.29, 1.82) is 0 Å². The zero-order valence-electron chi connectivity index (χ0n) is 11.3. The van der Waals surface area contributed by atoms with E-state index in [1.807, 2.05) is 60.7 Å². The lowest BCUT2D eigenvalue weighted by molar-refractivity contribution is -0.113. The lowest BCUT2D eigenvalue weighted by Crippen LogP contribution is -2.14. The summed E-state index contributed by atoms with van der Waals surface area (Å²) in [7, 11) is 0. The van der Waals surface area contributed by atoms with Crippen molar-refractivity contribution in [1.82, 2.24) is 4.98 Å². The summed E-state index contributed by atoms with van der Waals surface area (Å²) < 4.78 is 0. The number of nitrogens with zero attached hydrogens (tertiary/aromatic N) is 1. The Morgan fingerprint density at radius 3 is 2.71 bits per heavy atom. The smallest absolute Gasteiger partial charge is 0.234 e. The van der Waals surface area contributed by atoms with E-state index in [4.69, 9.17) is 0 Å². The van der Waals surface area contributed by atoms with Gasteiger partial charge in [-0.1, -0.05) is 24.3 Å². The molecule has 0 saturated heterocycles. The van der Waals surface area contributed by atoms with Crippen LogP contribution < -0.4 is 5.32 Å². The quantitative estimate of drug-likeness (QED) is 0.740. The Morgan fingerprint density at radius 1 is 1.00 bits per heavy atom. The molecule has 1 amide bonds. The number of thioether (sulfide) groups is 1. The molecule has 1 aromatic heterocycles. The second kappa shape index (κ2) is 6.41. The molecule has 3 rings (SSSR count). The van der Waals surface area contributed by atoms with Gasteiger partial charge >= 0.3 is 0 Å². The molecule has 0 saturated carbocycles. The maximum absolute atomic E-state index is 12.1. The standard InChI is InChI=1S/C17H14N2OS/c20-17(12-21-13-6-2-1-3-7-13)19-16-10-4-9-15-14(16)8-5-11-18-15/h1-11H,12H2,(H,19,20). The summed E-state index contributed by atoms with van der Waals surface area (Å²) in [5.74, 6) is 0.376. The van der Waals surface area contributed by atoms with Gasteiger partial charge in [0.25, 0.3) is 0 Å². The largest absolute Gasteiger partial charge is 0.325 e. The number of rotatable bonds is 4. The lowest BCUT2D eigenvalue weighted by Gasteiger charge is -2.08. The van der Waals surface area contributed by atoms with Gasteiger partial charge in [0.05, 0.1) is 17.0 Å². The maximum atomic E-state index is 12.1. The molecule has 4 heteroatoms. The number of carbonyl (C=O) groups excluding carboxylic acids is 1. The second-order valence-corrected chi connectivity index (χ2v) is 5.57. The van der Waals surface area contributed by atoms with Crippen LogP contribution in [0.4, 0.5) is 5.69 Å². The third kappa shape index (κ3) is 3.41. The summed E-state index contributed by atoms with van der Waals surface area (Å²) in [5.41, 5.74) is 1.69. The topological polar surface area (TPSA) is 42.0 Å². The molecule has 0 aliphatic carbocycles. The van der Waals surface area contributed by atoms with Gasteiger partial charge in [-0.3, -0.25) is 9.78 Å². The van der Waals surface area contributed by atoms with Crippen molar-refractivity contribution in [2.75, 3.05) is 11.1 Å². The van der Waals surface area contributed by atoms with Gasteiger partial charge in [0.15, 0.2) is 0 Å². The van der Waals surface area contributed by atoms with E-state index < -0.39 is 0 Å². The Kier molecular flexibility index (Phi) is 4.17. The number of fused-ring (bicyclic) bond motifs is 1. The third-order valence-corrected chi connectivity index (χ3v) is 4.04. The number of carbonyl (C=O) groups is 1. The first kappa shape index (κ1) is 13.6. The normalized spacial score (nSPS) is 10.5. The van der Waals surface area contributed by atoms with E-state index in [1.54, 1.807) is 6.20 Å². The molecule has 0 unspecified atom stereocenters. The highest BCUT2D eigenvalue weighted by molar-refractivity contribution is 8.00. The Bertz CT molecular complexity index is 754. The molecule has 0 aliphatic rings. The monoisotopic (exact) mass is 294 g/mol. The zero-order chi connectivity index (χ0) is 14.5. The van der Waals surface area contributed by atoms with Crippen molar-refractivity contribution in [3.8, 4) is 0 Å². The summed E-state index contributed by atoms with van der Waals surface area (Å²) in [4.78, 5) is 17.5. The van der Waals surface area contributed by atoms with Crippen LogP contribution in [0.5, 0.6) is 0 Å². The van der Waals surface area contributed by atoms with Crippen molar-refractivity contribution in [2.45, 2.75) is 4.90 Å². The Hall–Kier alpha value is -2.33. The number of nitrogens with one attached hydrogen (secondary N) is 1. The number of benzene rings is 2. The van der Waals surface area contributed by atoms with Crippen LogP contribution in [0.2, 0.25) is 0 Å². The third-order valence-electron chi connectivity index (χ3n) is 3.03. The van der Waals surface area contributed by atoms with Gasteiger partial charge in [0, 0.05) is 16.5 Å². The van der Waals surface area contributed by atoms with E-state index in [2.05, 4.69) is 10.3 Å². The van der Waals surface area contributed by atoms with E-state index in [9.17, 15) is 4.79 Å². The fourth-order valence-electron chi connectivity index (χ4n) is 2.06. The SMILES string of the molecule is O=C(CSc1ccccc1)Nc1cccc2ncccc12. The summed E-state index contributed by atoms with van der Waals surface area (Å²) in [5, 5.41) is 3.91. The highest BCUT2D eigenvalue weighted by Crippen LogP contribution is 2.22. The van der Waals surface area contributed by atoms with E-state index in [0.29, 0.717) is 5.75 Å². The number of hydrogen-bond acceptors (Lipinski definition) is 3. The minimum absolute atomic E-state index is 0.0137. The van der Waals surface area contributed by atoms with Crippen LogP contribution in [0, 0.1) is 0 Å². The van der Waals surface area contributed by atoms with Gasteiger partial charge in [-0.25, -0.2) is 0 Å². The predicted octanol–water partition coefficient (Wildman–Crippen LogP) is 3.97. The average Bonchev–Trinajstić information content (AvgIpc) is 2.54. The number of pyridine rings is 1. The van der Waals surface area contributed by atoms with Crippen LogP contribution in [-0.2, 0) is 4.79 Å². The van der Waals surface area contributed by atoms with Crippen molar-refractivity contribution < 1.29 is 4.79 Å². The lowest BCUT2D eigenvalue weighted by atomic mass is 10.2. The van der Waals surface area contributed by atoms with Gasteiger partial charge < -0.3 is 5.32 Å². The van der Waals surface area contributed by atoms with Gasteiger partial charge in [-0.05, 0) is 36.4 Å². The fraction of sp³-hybridized carbons (Fsp3) is 0.0588. The van der Waals surface area contributed by atoms with Crippen molar-refractivity contribution in [3.05, 3.63) is 66.9 Å². The molecule has 3 aromatic rings. The molecule has 0 spiro atoms. The Balaban J connectivity index is 1.69. The van der Waals surface area contributed by atoms with Gasteiger partial charge in [-0.15, -0.1) is 11.8 Å². The van der Waals surface area contributed by atoms with Crippen LogP contribution >= 0.6 is 11.8 Å². The second-order valence-electron chi connectivity index (χ2n) is 4.53. The van der Waals surface area contributed by atoms with Crippen LogP contribution in [0.3, 0.4) is 0 Å². The summed E-state index contributed by atoms with van der Waals surface area (Å²) in [6.45, 7) is 0. The maximum Gasteiger partial charge on any atom is 0.234 e. The molecule has 104 valence electrons. The first-order valence-corrected chi connectivity index (χ1v) is 7.63. The van der Waals surface area contributed by atoms with E-state index in [-0.39, 0.29) is 5.91 Å². The minimum Gasteiger partial charge on any atom is -0.325 e. The van der Waals surface area contributed by atoms with Crippen molar-refractivity contribution in [3.63, 3.8) is 0 Å². The Morgan fingerprint density at radius 2 is 1.86 bits per heavy atom. The average molecular weight is 294 g/mol. The minimum atomic E-state index is -0.0137. The number of amides is 1. The molecule has 3 nitrogen and oxygen atoms in total. The molecule has 0 radical (unpaired) electrons. The molecule has 0 atom stereocenters. The fourth-order valence-corrected chi connectivity index (χ4v) is 2.78. The first-order chi connectivity index (χ1) is 10.3. The molecule has 1 heterocycles. The predicted molar refractivity (Wildman–Crippen MR) is 87.5 cm³/mol. The number of hydrogen-bond donors (Lipinski definition) is 1. The van der Waals surface area contributed by atoms with Crippen LogP contribution in [-0.4, -0.2) is 16.6 Å². The van der Waals surface area contributed by atoms with Crippen molar-refractivity contribution in [2.24, 2.45) is 0 Å². The van der Waals surface area contributed by atoms with Gasteiger partial charge in [0.1, 0.15) is 0 Å². The molecule has 0 aliphatic heterocycles. The molecule has 2 aromatic carbocycles. The summed E-state index contributed by atoms with van der Waals surface area (Å²) in [6, 6.07) is 19.5. The van der Waals surface area contributed by atoms with Crippen molar-refractivity contribution >= 4 is 34.3 Å². The highest BCUT2D eigenvalue weighted by Gasteiger charge is 2.06. The molecule has 0 fully saturated rings. The van der Waals surface area contributed by atoms with E-state index >= 15 is 0 Å². The molecule has 1 N–H and O–H groups in total. The zero-order valence-corrected chi connectivity index (χ0v) is 12.1. The molecule has 21 heavy (non-hydrogen) atoms. The number of aromatic nitrogens is 1. The van der Waals surface area contributed by atoms with Gasteiger partial charge in [-0.2, -0.15) is 0 Å². The van der Waals surface area contributed by atoms with Crippen LogP contribution in [0.1, 0.15) is 0 Å². The Labute approximate surface area is 127 Å². The highest BCUT2D eigenvalue weighted by atomic mass is 32.2. The van der Waals surface area contributed by atoms with Crippen LogP contribution in [0.25, 0.3) is 10.9 Å². The molecular formula is C17H14N2OS. The first-order valence-electron chi connectivity index (χ1n) is 6.64. The van der Waals surface area contributed by atoms with E-state index in [1.165, 1.54) is 11.8 Å². The summed E-state index contributed by atoms with van der Waals surface area (Å²) in [6.07, 6.45) is 1.75. The number of anilines is 1. The molecule has 0 bridgehead atoms. The van der Waals surface area contributed by atoms with E-state index in [0.717, 1.165) is 21.5 Å². The summed E-state index contributed by atoms with van der Waals surface area (Å²) >= 11 is 1.53. The van der Waals surface area contributed by atoms with Gasteiger partial charge in [0.2, 0.25) is 5.91 Å².